The molecule has 1 aliphatic carbocycles. The van der Waals surface area contributed by atoms with Crippen LogP contribution >= 0.6 is 0 Å². The number of aliphatic carboxylic acids is 1. The summed E-state index contributed by atoms with van der Waals surface area (Å²) in [5.41, 5.74) is 0.543. The largest absolute Gasteiger partial charge is 0.481 e. The SMILES string of the molecule is Cc1c(C(=O)NCC2(C(=O)O)CCCCC2)cnn1CC(C)C. The smallest absolute Gasteiger partial charge is 0.311 e. The van der Waals surface area contributed by atoms with Crippen molar-refractivity contribution in [1.82, 2.24) is 15.1 Å². The van der Waals surface area contributed by atoms with Gasteiger partial charge in [-0.25, -0.2) is 0 Å². The maximum Gasteiger partial charge on any atom is 0.311 e. The Morgan fingerprint density at radius 3 is 2.57 bits per heavy atom. The van der Waals surface area contributed by atoms with Crippen LogP contribution in [0.4, 0.5) is 0 Å². The lowest BCUT2D eigenvalue weighted by Crippen LogP contribution is -2.44. The lowest BCUT2D eigenvalue weighted by atomic mass is 9.74. The van der Waals surface area contributed by atoms with Gasteiger partial charge in [-0.1, -0.05) is 33.1 Å². The molecule has 6 nitrogen and oxygen atoms in total. The lowest BCUT2D eigenvalue weighted by molar-refractivity contribution is -0.150. The Labute approximate surface area is 137 Å². The van der Waals surface area contributed by atoms with Crippen LogP contribution in [0.5, 0.6) is 0 Å². The van der Waals surface area contributed by atoms with Gasteiger partial charge in [-0.05, 0) is 25.7 Å². The van der Waals surface area contributed by atoms with E-state index in [1.165, 1.54) is 0 Å². The van der Waals surface area contributed by atoms with Crippen molar-refractivity contribution in [3.63, 3.8) is 0 Å². The summed E-state index contributed by atoms with van der Waals surface area (Å²) in [6.45, 7) is 7.02. The van der Waals surface area contributed by atoms with E-state index in [0.717, 1.165) is 31.5 Å². The molecule has 0 unspecified atom stereocenters. The molecule has 23 heavy (non-hydrogen) atoms. The number of carboxylic acids is 1. The predicted octanol–water partition coefficient (Wildman–Crippen LogP) is 2.61. The first-order valence-electron chi connectivity index (χ1n) is 8.40. The van der Waals surface area contributed by atoms with Crippen LogP contribution in [0.25, 0.3) is 0 Å². The van der Waals surface area contributed by atoms with E-state index in [1.807, 2.05) is 11.6 Å². The van der Waals surface area contributed by atoms with Crippen LogP contribution in [0, 0.1) is 18.3 Å². The molecule has 2 N–H and O–H groups in total. The summed E-state index contributed by atoms with van der Waals surface area (Å²) in [5.74, 6) is -0.588. The molecule has 0 aromatic carbocycles. The second kappa shape index (κ2) is 7.15. The maximum atomic E-state index is 12.4. The number of hydrogen-bond acceptors (Lipinski definition) is 3. The fourth-order valence-corrected chi connectivity index (χ4v) is 3.24. The molecule has 1 aromatic rings. The fourth-order valence-electron chi connectivity index (χ4n) is 3.24. The van der Waals surface area contributed by atoms with Crippen molar-refractivity contribution in [3.05, 3.63) is 17.5 Å². The Morgan fingerprint density at radius 2 is 2.00 bits per heavy atom. The standard InChI is InChI=1S/C17H27N3O3/c1-12(2)10-20-13(3)14(9-19-20)15(21)18-11-17(16(22)23)7-5-4-6-8-17/h9,12H,4-8,10-11H2,1-3H3,(H,18,21)(H,22,23). The van der Waals surface area contributed by atoms with Gasteiger partial charge in [0, 0.05) is 18.8 Å². The zero-order valence-electron chi connectivity index (χ0n) is 14.3. The Balaban J connectivity index is 2.04. The molecule has 0 spiro atoms. The van der Waals surface area contributed by atoms with Gasteiger partial charge in [0.05, 0.1) is 17.2 Å². The summed E-state index contributed by atoms with van der Waals surface area (Å²) in [6, 6.07) is 0. The van der Waals surface area contributed by atoms with Crippen LogP contribution in [0.1, 0.15) is 62.0 Å². The summed E-state index contributed by atoms with van der Waals surface area (Å²) in [7, 11) is 0. The molecule has 1 fully saturated rings. The van der Waals surface area contributed by atoms with Crippen LogP contribution in [0.15, 0.2) is 6.20 Å². The third kappa shape index (κ3) is 3.92. The Bertz CT molecular complexity index is 572. The van der Waals surface area contributed by atoms with Gasteiger partial charge in [-0.2, -0.15) is 5.10 Å². The molecule has 0 atom stereocenters. The van der Waals surface area contributed by atoms with Crippen LogP contribution in [0.2, 0.25) is 0 Å². The van der Waals surface area contributed by atoms with E-state index in [0.29, 0.717) is 24.3 Å². The molecule has 0 aliphatic heterocycles. The molecule has 1 aliphatic rings. The minimum Gasteiger partial charge on any atom is -0.481 e. The number of aromatic nitrogens is 2. The molecule has 0 radical (unpaired) electrons. The zero-order chi connectivity index (χ0) is 17.0. The van der Waals surface area contributed by atoms with Crippen molar-refractivity contribution in [1.29, 1.82) is 0 Å². The second-order valence-electron chi connectivity index (χ2n) is 7.05. The van der Waals surface area contributed by atoms with E-state index >= 15 is 0 Å². The molecule has 2 rings (SSSR count). The van der Waals surface area contributed by atoms with Crippen LogP contribution in [0.3, 0.4) is 0 Å². The predicted molar refractivity (Wildman–Crippen MR) is 87.3 cm³/mol. The number of carboxylic acid groups (broad SMARTS) is 1. The summed E-state index contributed by atoms with van der Waals surface area (Å²) in [6.07, 6.45) is 5.73. The zero-order valence-corrected chi connectivity index (χ0v) is 14.3. The number of hydrogen-bond donors (Lipinski definition) is 2. The van der Waals surface area contributed by atoms with E-state index in [1.54, 1.807) is 6.20 Å². The molecule has 6 heteroatoms. The Kier molecular flexibility index (Phi) is 5.44. The molecule has 0 saturated heterocycles. The van der Waals surface area contributed by atoms with Gasteiger partial charge in [0.15, 0.2) is 0 Å². The normalized spacial score (nSPS) is 17.2. The molecule has 1 heterocycles. The average Bonchev–Trinajstić information content (AvgIpc) is 2.86. The van der Waals surface area contributed by atoms with Gasteiger partial charge in [0.2, 0.25) is 0 Å². The van der Waals surface area contributed by atoms with Crippen molar-refractivity contribution in [2.45, 2.75) is 59.4 Å². The highest BCUT2D eigenvalue weighted by atomic mass is 16.4. The van der Waals surface area contributed by atoms with Crippen molar-refractivity contribution in [2.75, 3.05) is 6.54 Å². The molecule has 0 bridgehead atoms. The monoisotopic (exact) mass is 321 g/mol. The van der Waals surface area contributed by atoms with E-state index in [2.05, 4.69) is 24.3 Å². The van der Waals surface area contributed by atoms with Crippen LogP contribution in [-0.2, 0) is 11.3 Å². The summed E-state index contributed by atoms with van der Waals surface area (Å²) >= 11 is 0. The number of nitrogens with one attached hydrogen (secondary N) is 1. The molecule has 1 amide bonds. The highest BCUT2D eigenvalue weighted by Gasteiger charge is 2.39. The molecule has 1 saturated carbocycles. The molecule has 1 aromatic heterocycles. The van der Waals surface area contributed by atoms with Crippen molar-refractivity contribution in [3.8, 4) is 0 Å². The number of carbonyl (C=O) groups is 2. The third-order valence-electron chi connectivity index (χ3n) is 4.74. The molecular formula is C17H27N3O3. The summed E-state index contributed by atoms with van der Waals surface area (Å²) in [4.78, 5) is 24.1. The third-order valence-corrected chi connectivity index (χ3v) is 4.74. The fraction of sp³-hybridized carbons (Fsp3) is 0.706. The second-order valence-corrected chi connectivity index (χ2v) is 7.05. The molecular weight excluding hydrogens is 294 g/mol. The highest BCUT2D eigenvalue weighted by Crippen LogP contribution is 2.36. The lowest BCUT2D eigenvalue weighted by Gasteiger charge is -2.33. The highest BCUT2D eigenvalue weighted by molar-refractivity contribution is 5.95. The average molecular weight is 321 g/mol. The number of amides is 1. The first kappa shape index (κ1) is 17.5. The number of rotatable bonds is 6. The number of carbonyl (C=O) groups excluding carboxylic acids is 1. The van der Waals surface area contributed by atoms with E-state index in [4.69, 9.17) is 0 Å². The summed E-state index contributed by atoms with van der Waals surface area (Å²) in [5, 5.41) is 16.7. The van der Waals surface area contributed by atoms with Gasteiger partial charge in [0.1, 0.15) is 0 Å². The van der Waals surface area contributed by atoms with Crippen molar-refractivity contribution >= 4 is 11.9 Å². The topological polar surface area (TPSA) is 84.2 Å². The quantitative estimate of drug-likeness (QED) is 0.843. The van der Waals surface area contributed by atoms with Crippen molar-refractivity contribution in [2.24, 2.45) is 11.3 Å². The van der Waals surface area contributed by atoms with E-state index < -0.39 is 11.4 Å². The van der Waals surface area contributed by atoms with Gasteiger partial charge in [-0.3, -0.25) is 14.3 Å². The Hall–Kier alpha value is -1.85. The first-order chi connectivity index (χ1) is 10.9. The van der Waals surface area contributed by atoms with Gasteiger partial charge < -0.3 is 10.4 Å². The van der Waals surface area contributed by atoms with Crippen molar-refractivity contribution < 1.29 is 14.7 Å². The first-order valence-corrected chi connectivity index (χ1v) is 8.40. The van der Waals surface area contributed by atoms with Crippen LogP contribution < -0.4 is 5.32 Å². The maximum absolute atomic E-state index is 12.4. The molecule has 128 valence electrons. The Morgan fingerprint density at radius 1 is 1.35 bits per heavy atom. The van der Waals surface area contributed by atoms with Gasteiger partial charge in [-0.15, -0.1) is 0 Å². The van der Waals surface area contributed by atoms with Gasteiger partial charge in [0.25, 0.3) is 5.91 Å². The summed E-state index contributed by atoms with van der Waals surface area (Å²) < 4.78 is 1.83. The van der Waals surface area contributed by atoms with E-state index in [-0.39, 0.29) is 12.5 Å². The number of nitrogens with zero attached hydrogens (tertiary/aromatic N) is 2. The minimum absolute atomic E-state index is 0.190. The van der Waals surface area contributed by atoms with Gasteiger partial charge >= 0.3 is 5.97 Å². The minimum atomic E-state index is -0.810. The van der Waals surface area contributed by atoms with Crippen LogP contribution in [-0.4, -0.2) is 33.3 Å². The van der Waals surface area contributed by atoms with E-state index in [9.17, 15) is 14.7 Å².